The van der Waals surface area contributed by atoms with Gasteiger partial charge in [0.05, 0.1) is 25.5 Å². The van der Waals surface area contributed by atoms with Crippen LogP contribution in [0.3, 0.4) is 0 Å². The molecule has 0 aliphatic carbocycles. The van der Waals surface area contributed by atoms with Crippen LogP contribution in [0.4, 0.5) is 11.5 Å². The van der Waals surface area contributed by atoms with Crippen molar-refractivity contribution in [3.8, 4) is 22.8 Å². The number of carbonyl (C=O) groups excluding carboxylic acids is 1. The Morgan fingerprint density at radius 1 is 0.938 bits per heavy atom. The van der Waals surface area contributed by atoms with Gasteiger partial charge in [0.1, 0.15) is 11.5 Å². The molecule has 166 valence electrons. The Morgan fingerprint density at radius 2 is 1.75 bits per heavy atom. The zero-order valence-corrected chi connectivity index (χ0v) is 18.5. The van der Waals surface area contributed by atoms with E-state index in [0.29, 0.717) is 22.7 Å². The van der Waals surface area contributed by atoms with E-state index in [-0.39, 0.29) is 5.91 Å². The van der Waals surface area contributed by atoms with Gasteiger partial charge in [-0.05, 0) is 43.4 Å². The quantitative estimate of drug-likeness (QED) is 0.640. The first kappa shape index (κ1) is 21.6. The van der Waals surface area contributed by atoms with Gasteiger partial charge in [-0.2, -0.15) is 0 Å². The second kappa shape index (κ2) is 9.65. The molecule has 1 amide bonds. The molecule has 1 fully saturated rings. The largest absolute Gasteiger partial charge is 0.497 e. The number of rotatable bonds is 6. The molecular weight excluding hydrogens is 406 g/mol. The van der Waals surface area contributed by atoms with Crippen molar-refractivity contribution in [2.45, 2.75) is 0 Å². The highest BCUT2D eigenvalue weighted by Crippen LogP contribution is 2.27. The number of aromatic nitrogens is 2. The normalized spacial score (nSPS) is 14.2. The number of carbonyl (C=O) groups is 1. The molecule has 0 radical (unpaired) electrons. The molecule has 0 saturated carbocycles. The molecule has 1 aliphatic rings. The average molecular weight is 434 g/mol. The minimum absolute atomic E-state index is 0.266. The summed E-state index contributed by atoms with van der Waals surface area (Å²) >= 11 is 0. The van der Waals surface area contributed by atoms with Gasteiger partial charge in [0.15, 0.2) is 5.82 Å². The van der Waals surface area contributed by atoms with E-state index in [0.717, 1.165) is 43.3 Å². The van der Waals surface area contributed by atoms with Crippen LogP contribution in [-0.2, 0) is 0 Å². The molecule has 1 saturated heterocycles. The monoisotopic (exact) mass is 433 g/mol. The first-order chi connectivity index (χ1) is 15.6. The fourth-order valence-corrected chi connectivity index (χ4v) is 3.62. The second-order valence-electron chi connectivity index (χ2n) is 7.67. The fourth-order valence-electron chi connectivity index (χ4n) is 3.62. The van der Waals surface area contributed by atoms with Gasteiger partial charge in [-0.3, -0.25) is 4.79 Å². The number of hydrogen-bond donors (Lipinski definition) is 1. The molecule has 4 rings (SSSR count). The maximum Gasteiger partial charge on any atom is 0.259 e. The van der Waals surface area contributed by atoms with Crippen LogP contribution in [0.2, 0.25) is 0 Å². The summed E-state index contributed by atoms with van der Waals surface area (Å²) in [6.45, 7) is 3.93. The Morgan fingerprint density at radius 3 is 2.44 bits per heavy atom. The third-order valence-electron chi connectivity index (χ3n) is 5.55. The van der Waals surface area contributed by atoms with Gasteiger partial charge in [-0.1, -0.05) is 12.1 Å². The summed E-state index contributed by atoms with van der Waals surface area (Å²) in [5.74, 6) is 1.69. The lowest BCUT2D eigenvalue weighted by Gasteiger charge is -2.32. The highest BCUT2D eigenvalue weighted by atomic mass is 16.5. The van der Waals surface area contributed by atoms with Crippen LogP contribution in [-0.4, -0.2) is 68.5 Å². The minimum Gasteiger partial charge on any atom is -0.497 e. The van der Waals surface area contributed by atoms with E-state index in [4.69, 9.17) is 9.47 Å². The molecule has 2 aromatic carbocycles. The molecule has 0 bridgehead atoms. The standard InChI is InChI=1S/C24H27N5O3/c1-28-11-13-29(14-12-28)23-10-9-21(26-27-23)17-5-4-6-18(15-17)25-24(30)20-8-7-19(31-2)16-22(20)32-3/h4-10,15-16H,11-14H2,1-3H3,(H,25,30). The average Bonchev–Trinajstić information content (AvgIpc) is 2.84. The van der Waals surface area contributed by atoms with Crippen molar-refractivity contribution in [2.24, 2.45) is 0 Å². The first-order valence-corrected chi connectivity index (χ1v) is 10.5. The molecule has 1 N–H and O–H groups in total. The number of nitrogens with zero attached hydrogens (tertiary/aromatic N) is 4. The predicted molar refractivity (Wildman–Crippen MR) is 125 cm³/mol. The molecule has 1 aromatic heterocycles. The summed E-state index contributed by atoms with van der Waals surface area (Å²) in [6.07, 6.45) is 0. The number of amides is 1. The van der Waals surface area contributed by atoms with E-state index in [1.807, 2.05) is 36.4 Å². The van der Waals surface area contributed by atoms with Gasteiger partial charge < -0.3 is 24.6 Å². The SMILES string of the molecule is COc1ccc(C(=O)Nc2cccc(-c3ccc(N4CCN(C)CC4)nn3)c2)c(OC)c1. The number of hydrogen-bond acceptors (Lipinski definition) is 7. The van der Waals surface area contributed by atoms with Crippen LogP contribution in [0.5, 0.6) is 11.5 Å². The summed E-state index contributed by atoms with van der Waals surface area (Å²) in [4.78, 5) is 17.4. The minimum atomic E-state index is -0.266. The Balaban J connectivity index is 1.48. The van der Waals surface area contributed by atoms with Crippen molar-refractivity contribution >= 4 is 17.4 Å². The third kappa shape index (κ3) is 4.81. The summed E-state index contributed by atoms with van der Waals surface area (Å²) < 4.78 is 10.5. The molecule has 0 atom stereocenters. The molecule has 2 heterocycles. The zero-order valence-electron chi connectivity index (χ0n) is 18.5. The van der Waals surface area contributed by atoms with Crippen molar-refractivity contribution in [3.05, 3.63) is 60.2 Å². The predicted octanol–water partition coefficient (Wildman–Crippen LogP) is 3.16. The molecule has 32 heavy (non-hydrogen) atoms. The van der Waals surface area contributed by atoms with Crippen molar-refractivity contribution in [1.82, 2.24) is 15.1 Å². The van der Waals surface area contributed by atoms with Crippen LogP contribution >= 0.6 is 0 Å². The molecule has 8 nitrogen and oxygen atoms in total. The van der Waals surface area contributed by atoms with Gasteiger partial charge in [-0.15, -0.1) is 10.2 Å². The summed E-state index contributed by atoms with van der Waals surface area (Å²) in [6, 6.07) is 16.6. The third-order valence-corrected chi connectivity index (χ3v) is 5.55. The van der Waals surface area contributed by atoms with Crippen molar-refractivity contribution < 1.29 is 14.3 Å². The van der Waals surface area contributed by atoms with Crippen molar-refractivity contribution in [2.75, 3.05) is 57.7 Å². The maximum atomic E-state index is 12.8. The highest BCUT2D eigenvalue weighted by molar-refractivity contribution is 6.06. The van der Waals surface area contributed by atoms with Crippen molar-refractivity contribution in [3.63, 3.8) is 0 Å². The summed E-state index contributed by atoms with van der Waals surface area (Å²) in [5, 5.41) is 11.8. The highest BCUT2D eigenvalue weighted by Gasteiger charge is 2.16. The lowest BCUT2D eigenvalue weighted by Crippen LogP contribution is -2.44. The number of methoxy groups -OCH3 is 2. The lowest BCUT2D eigenvalue weighted by atomic mass is 10.1. The number of anilines is 2. The van der Waals surface area contributed by atoms with Crippen LogP contribution in [0.15, 0.2) is 54.6 Å². The van der Waals surface area contributed by atoms with Crippen LogP contribution in [0.25, 0.3) is 11.3 Å². The molecule has 1 aliphatic heterocycles. The fraction of sp³-hybridized carbons (Fsp3) is 0.292. The van der Waals surface area contributed by atoms with E-state index in [1.165, 1.54) is 7.11 Å². The molecule has 0 spiro atoms. The number of piperazine rings is 1. The van der Waals surface area contributed by atoms with Crippen LogP contribution < -0.4 is 19.7 Å². The Labute approximate surface area is 187 Å². The molecule has 8 heteroatoms. The van der Waals surface area contributed by atoms with Gasteiger partial charge in [0, 0.05) is 43.5 Å². The summed E-state index contributed by atoms with van der Waals surface area (Å²) in [5.41, 5.74) is 2.72. The number of ether oxygens (including phenoxy) is 2. The smallest absolute Gasteiger partial charge is 0.259 e. The van der Waals surface area contributed by atoms with E-state index in [9.17, 15) is 4.79 Å². The summed E-state index contributed by atoms with van der Waals surface area (Å²) in [7, 11) is 5.22. The maximum absolute atomic E-state index is 12.8. The Hall–Kier alpha value is -3.65. The zero-order chi connectivity index (χ0) is 22.5. The number of benzene rings is 2. The van der Waals surface area contributed by atoms with Crippen LogP contribution in [0.1, 0.15) is 10.4 Å². The second-order valence-corrected chi connectivity index (χ2v) is 7.67. The van der Waals surface area contributed by atoms with E-state index >= 15 is 0 Å². The molecule has 3 aromatic rings. The number of likely N-dealkylation sites (N-methyl/N-ethyl adjacent to an activating group) is 1. The lowest BCUT2D eigenvalue weighted by molar-refractivity contribution is 0.102. The van der Waals surface area contributed by atoms with Crippen LogP contribution in [0, 0.1) is 0 Å². The van der Waals surface area contributed by atoms with E-state index < -0.39 is 0 Å². The number of nitrogens with one attached hydrogen (secondary N) is 1. The molecule has 0 unspecified atom stereocenters. The first-order valence-electron chi connectivity index (χ1n) is 10.5. The topological polar surface area (TPSA) is 79.8 Å². The van der Waals surface area contributed by atoms with E-state index in [2.05, 4.69) is 32.4 Å². The van der Waals surface area contributed by atoms with Gasteiger partial charge in [0.2, 0.25) is 0 Å². The van der Waals surface area contributed by atoms with Gasteiger partial charge in [-0.25, -0.2) is 0 Å². The Kier molecular flexibility index (Phi) is 6.51. The van der Waals surface area contributed by atoms with Gasteiger partial charge in [0.25, 0.3) is 5.91 Å². The van der Waals surface area contributed by atoms with E-state index in [1.54, 1.807) is 25.3 Å². The Bertz CT molecular complexity index is 1080. The molecular formula is C24H27N5O3. The van der Waals surface area contributed by atoms with Gasteiger partial charge >= 0.3 is 0 Å². The van der Waals surface area contributed by atoms with Crippen molar-refractivity contribution in [1.29, 1.82) is 0 Å².